The number of aromatic nitrogens is 2. The third-order valence-electron chi connectivity index (χ3n) is 8.90. The first-order valence-corrected chi connectivity index (χ1v) is 17.5. The quantitative estimate of drug-likeness (QED) is 0.182. The Bertz CT molecular complexity index is 2500. The number of benzene rings is 7. The Balaban J connectivity index is 0.000000719. The van der Waals surface area contributed by atoms with Gasteiger partial charge in [-0.05, 0) is 82.9 Å². The molecule has 2 aromatic heterocycles. The van der Waals surface area contributed by atoms with Crippen LogP contribution < -0.4 is 0 Å². The normalized spacial score (nSPS) is 10.9. The van der Waals surface area contributed by atoms with Crippen LogP contribution in [0.15, 0.2) is 170 Å². The van der Waals surface area contributed by atoms with Crippen LogP contribution in [-0.2, 0) is 0 Å². The second-order valence-corrected chi connectivity index (χ2v) is 12.1. The molecule has 0 saturated carbocycles. The summed E-state index contributed by atoms with van der Waals surface area (Å²) < 4.78 is 4.77. The summed E-state index contributed by atoms with van der Waals surface area (Å²) in [5.74, 6) is 0. The minimum atomic E-state index is 1.16. The lowest BCUT2D eigenvalue weighted by Crippen LogP contribution is -1.94. The molecule has 2 nitrogen and oxygen atoms in total. The molecular weight excluding hydrogens is 593 g/mol. The van der Waals surface area contributed by atoms with Crippen molar-refractivity contribution >= 4 is 43.6 Å². The Labute approximate surface area is 289 Å². The molecule has 9 rings (SSSR count). The summed E-state index contributed by atoms with van der Waals surface area (Å²) in [4.78, 5) is 0. The van der Waals surface area contributed by atoms with Gasteiger partial charge in [-0.15, -0.1) is 0 Å². The molecule has 49 heavy (non-hydrogen) atoms. The fourth-order valence-electron chi connectivity index (χ4n) is 6.89. The molecule has 0 saturated heterocycles. The van der Waals surface area contributed by atoms with Crippen LogP contribution in [0.1, 0.15) is 34.1 Å². The van der Waals surface area contributed by atoms with Gasteiger partial charge in [-0.1, -0.05) is 143 Å². The second kappa shape index (κ2) is 14.1. The molecule has 240 valence electrons. The zero-order valence-electron chi connectivity index (χ0n) is 28.8. The van der Waals surface area contributed by atoms with E-state index in [1.54, 1.807) is 0 Å². The maximum atomic E-state index is 2.41. The van der Waals surface area contributed by atoms with Gasteiger partial charge in [0.15, 0.2) is 0 Å². The van der Waals surface area contributed by atoms with Crippen LogP contribution in [0.5, 0.6) is 0 Å². The van der Waals surface area contributed by atoms with Gasteiger partial charge in [0.25, 0.3) is 0 Å². The van der Waals surface area contributed by atoms with Crippen molar-refractivity contribution in [1.29, 1.82) is 0 Å². The monoisotopic (exact) mass is 634 g/mol. The van der Waals surface area contributed by atoms with Crippen molar-refractivity contribution in [3.05, 3.63) is 170 Å². The third kappa shape index (κ3) is 5.81. The summed E-state index contributed by atoms with van der Waals surface area (Å²) in [6.45, 7) is 8.25. The predicted molar refractivity (Wildman–Crippen MR) is 213 cm³/mol. The highest BCUT2D eigenvalue weighted by Gasteiger charge is 2.16. The molecule has 0 radical (unpaired) electrons. The smallest absolute Gasteiger partial charge is 0.0541 e. The van der Waals surface area contributed by atoms with Crippen LogP contribution in [0.4, 0.5) is 0 Å². The van der Waals surface area contributed by atoms with Crippen LogP contribution in [0.25, 0.3) is 77.2 Å². The van der Waals surface area contributed by atoms with E-state index >= 15 is 0 Å². The highest BCUT2D eigenvalue weighted by Crippen LogP contribution is 2.38. The lowest BCUT2D eigenvalue weighted by molar-refractivity contribution is 1.09. The lowest BCUT2D eigenvalue weighted by Gasteiger charge is -2.11. The Morgan fingerprint density at radius 3 is 1.29 bits per heavy atom. The Morgan fingerprint density at radius 2 is 0.714 bits per heavy atom. The SMILES string of the molecule is CC.CCC.c1ccc(-c2ccc3c(c2)c2ccccc2n3-c2cccc(-c3ccc4c(c3)c3ccccc3n4-c3ccccc3)c2)cc1. The Morgan fingerprint density at radius 1 is 0.327 bits per heavy atom. The summed E-state index contributed by atoms with van der Waals surface area (Å²) in [6, 6.07) is 61.4. The van der Waals surface area contributed by atoms with Gasteiger partial charge >= 0.3 is 0 Å². The molecule has 0 unspecified atom stereocenters. The van der Waals surface area contributed by atoms with Gasteiger partial charge in [0.2, 0.25) is 0 Å². The molecule has 0 aliphatic carbocycles. The zero-order chi connectivity index (χ0) is 33.7. The largest absolute Gasteiger partial charge is 0.309 e. The van der Waals surface area contributed by atoms with E-state index in [9.17, 15) is 0 Å². The Hall–Kier alpha value is -5.86. The number of hydrogen-bond donors (Lipinski definition) is 0. The first-order chi connectivity index (χ1) is 24.2. The van der Waals surface area contributed by atoms with Crippen LogP contribution in [0.3, 0.4) is 0 Å². The van der Waals surface area contributed by atoms with Crippen LogP contribution >= 0.6 is 0 Å². The van der Waals surface area contributed by atoms with Crippen molar-refractivity contribution in [3.63, 3.8) is 0 Å². The summed E-state index contributed by atoms with van der Waals surface area (Å²) in [6.07, 6.45) is 1.25. The first-order valence-electron chi connectivity index (χ1n) is 17.5. The van der Waals surface area contributed by atoms with E-state index in [1.165, 1.54) is 78.0 Å². The van der Waals surface area contributed by atoms with E-state index in [1.807, 2.05) is 13.8 Å². The molecule has 2 heteroatoms. The lowest BCUT2D eigenvalue weighted by atomic mass is 10.0. The van der Waals surface area contributed by atoms with Gasteiger partial charge in [0, 0.05) is 32.9 Å². The maximum absolute atomic E-state index is 2.41. The molecule has 0 spiro atoms. The van der Waals surface area contributed by atoms with Crippen molar-refractivity contribution in [2.75, 3.05) is 0 Å². The van der Waals surface area contributed by atoms with E-state index in [4.69, 9.17) is 0 Å². The molecule has 0 atom stereocenters. The van der Waals surface area contributed by atoms with Gasteiger partial charge < -0.3 is 9.13 Å². The summed E-state index contributed by atoms with van der Waals surface area (Å²) >= 11 is 0. The maximum Gasteiger partial charge on any atom is 0.0541 e. The van der Waals surface area contributed by atoms with E-state index in [-0.39, 0.29) is 0 Å². The van der Waals surface area contributed by atoms with Gasteiger partial charge in [-0.25, -0.2) is 0 Å². The predicted octanol–water partition coefficient (Wildman–Crippen LogP) is 13.7. The molecule has 9 aromatic rings. The standard InChI is InChI=1S/C42H28N2.C3H8.C2H6/c1-3-12-29(13-4-1)31-22-24-42-37(27-31)36-19-8-10-21-40(36)44(42)34-17-11-14-30(26-34)32-23-25-41-38(28-32)35-18-7-9-20-39(35)43(41)33-15-5-2-6-16-33;1-3-2;1-2/h1-28H;3H2,1-2H3;1-2H3. The molecule has 2 heterocycles. The van der Waals surface area contributed by atoms with Gasteiger partial charge in [0.05, 0.1) is 22.1 Å². The second-order valence-electron chi connectivity index (χ2n) is 12.1. The van der Waals surface area contributed by atoms with Crippen molar-refractivity contribution in [2.24, 2.45) is 0 Å². The van der Waals surface area contributed by atoms with Gasteiger partial charge in [0.1, 0.15) is 0 Å². The fraction of sp³-hybridized carbons (Fsp3) is 0.106. The van der Waals surface area contributed by atoms with E-state index in [2.05, 4.69) is 193 Å². The molecule has 0 amide bonds. The van der Waals surface area contributed by atoms with Crippen LogP contribution in [0.2, 0.25) is 0 Å². The third-order valence-corrected chi connectivity index (χ3v) is 8.90. The molecule has 0 aliphatic rings. The minimum Gasteiger partial charge on any atom is -0.309 e. The van der Waals surface area contributed by atoms with Crippen molar-refractivity contribution < 1.29 is 0 Å². The highest BCUT2D eigenvalue weighted by atomic mass is 15.0. The summed E-state index contributed by atoms with van der Waals surface area (Å²) in [5.41, 5.74) is 12.1. The molecule has 0 aliphatic heterocycles. The molecular formula is C47H42N2. The van der Waals surface area contributed by atoms with Crippen molar-refractivity contribution in [1.82, 2.24) is 9.13 Å². The fourth-order valence-corrected chi connectivity index (χ4v) is 6.89. The minimum absolute atomic E-state index is 1.16. The number of rotatable bonds is 4. The topological polar surface area (TPSA) is 9.86 Å². The summed E-state index contributed by atoms with van der Waals surface area (Å²) in [7, 11) is 0. The molecule has 0 bridgehead atoms. The van der Waals surface area contributed by atoms with Crippen molar-refractivity contribution in [3.8, 4) is 33.6 Å². The van der Waals surface area contributed by atoms with Gasteiger partial charge in [-0.2, -0.15) is 0 Å². The average molecular weight is 635 g/mol. The number of hydrogen-bond acceptors (Lipinski definition) is 0. The van der Waals surface area contributed by atoms with Crippen molar-refractivity contribution in [2.45, 2.75) is 34.1 Å². The highest BCUT2D eigenvalue weighted by molar-refractivity contribution is 6.11. The molecule has 0 fully saturated rings. The van der Waals surface area contributed by atoms with Crippen LogP contribution in [-0.4, -0.2) is 9.13 Å². The van der Waals surface area contributed by atoms with Crippen LogP contribution in [0, 0.1) is 0 Å². The number of fused-ring (bicyclic) bond motifs is 6. The number of para-hydroxylation sites is 3. The first kappa shape index (κ1) is 31.7. The van der Waals surface area contributed by atoms with E-state index in [0.29, 0.717) is 0 Å². The number of nitrogens with zero attached hydrogens (tertiary/aromatic N) is 2. The van der Waals surface area contributed by atoms with E-state index in [0.717, 1.165) is 5.69 Å². The Kier molecular flexibility index (Phi) is 9.12. The molecule has 0 N–H and O–H groups in total. The van der Waals surface area contributed by atoms with E-state index < -0.39 is 0 Å². The van der Waals surface area contributed by atoms with Gasteiger partial charge in [-0.3, -0.25) is 0 Å². The molecule has 7 aromatic carbocycles. The zero-order valence-corrected chi connectivity index (χ0v) is 28.8. The summed E-state index contributed by atoms with van der Waals surface area (Å²) in [5, 5.41) is 5.06. The average Bonchev–Trinajstić information content (AvgIpc) is 3.69.